The van der Waals surface area contributed by atoms with E-state index < -0.39 is 16.0 Å². The average Bonchev–Trinajstić information content (AvgIpc) is 2.39. The largest absolute Gasteiger partial charge is 0.494 e. The first kappa shape index (κ1) is 15.5. The summed E-state index contributed by atoms with van der Waals surface area (Å²) in [5.74, 6) is -0.0194. The van der Waals surface area contributed by atoms with Crippen LogP contribution in [0.3, 0.4) is 0 Å². The lowest BCUT2D eigenvalue weighted by Crippen LogP contribution is -2.32. The molecule has 1 aromatic carbocycles. The van der Waals surface area contributed by atoms with Crippen LogP contribution in [0, 0.1) is 0 Å². The van der Waals surface area contributed by atoms with Crippen molar-refractivity contribution >= 4 is 16.0 Å². The fourth-order valence-corrected chi connectivity index (χ4v) is 2.50. The summed E-state index contributed by atoms with van der Waals surface area (Å²) in [6.45, 7) is 2.02. The fourth-order valence-electron chi connectivity index (χ4n) is 1.39. The number of rotatable bonds is 6. The van der Waals surface area contributed by atoms with E-state index in [1.807, 2.05) is 6.92 Å². The molecule has 0 aromatic heterocycles. The van der Waals surface area contributed by atoms with Crippen LogP contribution in [0.4, 0.5) is 0 Å². The van der Waals surface area contributed by atoms with Crippen molar-refractivity contribution in [3.05, 3.63) is 24.3 Å². The van der Waals surface area contributed by atoms with Gasteiger partial charge in [0.2, 0.25) is 10.0 Å². The molecule has 0 atom stereocenters. The van der Waals surface area contributed by atoms with Gasteiger partial charge in [-0.05, 0) is 31.2 Å². The number of esters is 1. The lowest BCUT2D eigenvalue weighted by molar-refractivity contribution is -0.140. The number of benzene rings is 1. The van der Waals surface area contributed by atoms with Crippen molar-refractivity contribution in [3.8, 4) is 5.75 Å². The molecule has 7 heteroatoms. The van der Waals surface area contributed by atoms with Crippen LogP contribution in [-0.2, 0) is 19.6 Å². The summed E-state index contributed by atoms with van der Waals surface area (Å²) in [6, 6.07) is 6.02. The van der Waals surface area contributed by atoms with E-state index in [-0.39, 0.29) is 11.4 Å². The Morgan fingerprint density at radius 1 is 1.26 bits per heavy atom. The third kappa shape index (κ3) is 3.93. The predicted octanol–water partition coefficient (Wildman–Crippen LogP) is 0.879. The molecule has 0 fully saturated rings. The molecule has 1 rings (SSSR count). The summed E-state index contributed by atoms with van der Waals surface area (Å²) < 4.78 is 34.9. The maximum absolute atomic E-state index is 12.1. The van der Waals surface area contributed by atoms with E-state index >= 15 is 0 Å². The minimum absolute atomic E-state index is 0.0994. The summed E-state index contributed by atoms with van der Waals surface area (Å²) in [5.41, 5.74) is 0. The first-order valence-electron chi connectivity index (χ1n) is 5.67. The van der Waals surface area contributed by atoms with Crippen LogP contribution in [0.2, 0.25) is 0 Å². The Morgan fingerprint density at radius 3 is 2.32 bits per heavy atom. The average molecular weight is 287 g/mol. The standard InChI is InChI=1S/C12H17NO5S/c1-4-18-10-5-7-11(8-6-10)19(15,16)13(2)9-12(14)17-3/h5-8H,4,9H2,1-3H3. The Kier molecular flexibility index (Phi) is 5.31. The van der Waals surface area contributed by atoms with Gasteiger partial charge < -0.3 is 9.47 Å². The molecule has 0 aliphatic carbocycles. The summed E-state index contributed by atoms with van der Waals surface area (Å²) in [6.07, 6.45) is 0. The van der Waals surface area contributed by atoms with Gasteiger partial charge in [0.1, 0.15) is 12.3 Å². The number of likely N-dealkylation sites (N-methyl/N-ethyl adjacent to an activating group) is 1. The van der Waals surface area contributed by atoms with Crippen LogP contribution in [0.5, 0.6) is 5.75 Å². The smallest absolute Gasteiger partial charge is 0.321 e. The van der Waals surface area contributed by atoms with Crippen molar-refractivity contribution in [2.75, 3.05) is 27.3 Å². The first-order chi connectivity index (χ1) is 8.91. The minimum Gasteiger partial charge on any atom is -0.494 e. The zero-order valence-electron chi connectivity index (χ0n) is 11.1. The van der Waals surface area contributed by atoms with Crippen molar-refractivity contribution in [3.63, 3.8) is 0 Å². The molecule has 1 aromatic rings. The van der Waals surface area contributed by atoms with E-state index in [2.05, 4.69) is 4.74 Å². The molecule has 0 unspecified atom stereocenters. The second-order valence-electron chi connectivity index (χ2n) is 3.74. The maximum Gasteiger partial charge on any atom is 0.321 e. The van der Waals surface area contributed by atoms with Crippen LogP contribution in [0.1, 0.15) is 6.92 Å². The van der Waals surface area contributed by atoms with Crippen molar-refractivity contribution in [1.29, 1.82) is 0 Å². The predicted molar refractivity (Wildman–Crippen MR) is 69.4 cm³/mol. The monoisotopic (exact) mass is 287 g/mol. The van der Waals surface area contributed by atoms with Crippen LogP contribution in [0.25, 0.3) is 0 Å². The first-order valence-corrected chi connectivity index (χ1v) is 7.11. The van der Waals surface area contributed by atoms with E-state index in [1.165, 1.54) is 26.3 Å². The van der Waals surface area contributed by atoms with Gasteiger partial charge in [0.25, 0.3) is 0 Å². The van der Waals surface area contributed by atoms with Gasteiger partial charge in [0.15, 0.2) is 0 Å². The van der Waals surface area contributed by atoms with E-state index in [9.17, 15) is 13.2 Å². The number of ether oxygens (including phenoxy) is 2. The normalized spacial score (nSPS) is 11.4. The number of hydrogen-bond donors (Lipinski definition) is 0. The number of sulfonamides is 1. The van der Waals surface area contributed by atoms with Gasteiger partial charge in [-0.1, -0.05) is 0 Å². The molecular weight excluding hydrogens is 270 g/mol. The number of nitrogens with zero attached hydrogens (tertiary/aromatic N) is 1. The number of hydrogen-bond acceptors (Lipinski definition) is 5. The molecule has 0 N–H and O–H groups in total. The van der Waals surface area contributed by atoms with Crippen LogP contribution >= 0.6 is 0 Å². The number of methoxy groups -OCH3 is 1. The van der Waals surface area contributed by atoms with Crippen LogP contribution in [0.15, 0.2) is 29.2 Å². The molecule has 0 saturated carbocycles. The highest BCUT2D eigenvalue weighted by atomic mass is 32.2. The topological polar surface area (TPSA) is 72.9 Å². The van der Waals surface area contributed by atoms with Gasteiger partial charge >= 0.3 is 5.97 Å². The Labute approximate surface area is 113 Å². The van der Waals surface area contributed by atoms with E-state index in [0.29, 0.717) is 12.4 Å². The highest BCUT2D eigenvalue weighted by Gasteiger charge is 2.23. The van der Waals surface area contributed by atoms with Crippen molar-refractivity contribution in [2.24, 2.45) is 0 Å². The summed E-state index contributed by atoms with van der Waals surface area (Å²) in [5, 5.41) is 0. The molecule has 0 heterocycles. The van der Waals surface area contributed by atoms with Crippen molar-refractivity contribution in [1.82, 2.24) is 4.31 Å². The Hall–Kier alpha value is -1.60. The summed E-state index contributed by atoms with van der Waals surface area (Å²) in [7, 11) is -1.17. The lowest BCUT2D eigenvalue weighted by atomic mass is 10.3. The fraction of sp³-hybridized carbons (Fsp3) is 0.417. The quantitative estimate of drug-likeness (QED) is 0.726. The molecule has 0 amide bonds. The van der Waals surface area contributed by atoms with Gasteiger partial charge in [0, 0.05) is 7.05 Å². The third-order valence-electron chi connectivity index (χ3n) is 2.42. The zero-order chi connectivity index (χ0) is 14.5. The molecule has 106 valence electrons. The molecule has 0 bridgehead atoms. The Balaban J connectivity index is 2.90. The lowest BCUT2D eigenvalue weighted by Gasteiger charge is -2.16. The molecule has 6 nitrogen and oxygen atoms in total. The zero-order valence-corrected chi connectivity index (χ0v) is 11.9. The van der Waals surface area contributed by atoms with Gasteiger partial charge in [-0.25, -0.2) is 8.42 Å². The summed E-state index contributed by atoms with van der Waals surface area (Å²) >= 11 is 0. The van der Waals surface area contributed by atoms with Crippen LogP contribution < -0.4 is 4.74 Å². The van der Waals surface area contributed by atoms with Crippen LogP contribution in [-0.4, -0.2) is 46.0 Å². The second-order valence-corrected chi connectivity index (χ2v) is 5.79. The molecule has 0 aliphatic heterocycles. The Bertz CT molecular complexity index is 524. The summed E-state index contributed by atoms with van der Waals surface area (Å²) in [4.78, 5) is 11.2. The SMILES string of the molecule is CCOc1ccc(S(=O)(=O)N(C)CC(=O)OC)cc1. The van der Waals surface area contributed by atoms with E-state index in [4.69, 9.17) is 4.74 Å². The van der Waals surface area contributed by atoms with E-state index in [1.54, 1.807) is 12.1 Å². The molecular formula is C12H17NO5S. The highest BCUT2D eigenvalue weighted by Crippen LogP contribution is 2.18. The second kappa shape index (κ2) is 6.53. The number of carbonyl (C=O) groups is 1. The number of carbonyl (C=O) groups excluding carboxylic acids is 1. The molecule has 0 spiro atoms. The Morgan fingerprint density at radius 2 is 1.84 bits per heavy atom. The molecule has 0 aliphatic rings. The third-order valence-corrected chi connectivity index (χ3v) is 4.24. The maximum atomic E-state index is 12.1. The van der Waals surface area contributed by atoms with E-state index in [0.717, 1.165) is 4.31 Å². The van der Waals surface area contributed by atoms with Gasteiger partial charge in [-0.3, -0.25) is 4.79 Å². The van der Waals surface area contributed by atoms with Gasteiger partial charge in [-0.2, -0.15) is 4.31 Å². The van der Waals surface area contributed by atoms with Gasteiger partial charge in [0.05, 0.1) is 18.6 Å². The molecule has 0 saturated heterocycles. The minimum atomic E-state index is -3.70. The molecule has 19 heavy (non-hydrogen) atoms. The molecule has 0 radical (unpaired) electrons. The van der Waals surface area contributed by atoms with Gasteiger partial charge in [-0.15, -0.1) is 0 Å². The highest BCUT2D eigenvalue weighted by molar-refractivity contribution is 7.89. The van der Waals surface area contributed by atoms with Crippen molar-refractivity contribution < 1.29 is 22.7 Å². The van der Waals surface area contributed by atoms with Crippen molar-refractivity contribution in [2.45, 2.75) is 11.8 Å².